The van der Waals surface area contributed by atoms with E-state index in [1.165, 1.54) is 128 Å². The standard InChI is InChI=1S/C30H58O3/c1-25(31-3)27-21-17-13-9-5-7-11-15-19-23-29(27)33-30-24-20-16-12-8-6-10-14-18-22-28(30)26(2)32-4/h25-30H,5-24H2,1-4H3. The van der Waals surface area contributed by atoms with Crippen molar-refractivity contribution in [3.63, 3.8) is 0 Å². The summed E-state index contributed by atoms with van der Waals surface area (Å²) in [4.78, 5) is 0. The van der Waals surface area contributed by atoms with Crippen molar-refractivity contribution in [2.75, 3.05) is 14.2 Å². The van der Waals surface area contributed by atoms with E-state index < -0.39 is 0 Å². The van der Waals surface area contributed by atoms with Crippen LogP contribution in [0.1, 0.15) is 142 Å². The molecule has 0 aromatic rings. The topological polar surface area (TPSA) is 27.7 Å². The molecule has 0 aromatic heterocycles. The van der Waals surface area contributed by atoms with E-state index >= 15 is 0 Å². The van der Waals surface area contributed by atoms with Gasteiger partial charge in [-0.3, -0.25) is 0 Å². The van der Waals surface area contributed by atoms with E-state index in [0.717, 1.165) is 0 Å². The van der Waals surface area contributed by atoms with E-state index in [-0.39, 0.29) is 12.2 Å². The van der Waals surface area contributed by atoms with Gasteiger partial charge in [0.25, 0.3) is 0 Å². The maximum Gasteiger partial charge on any atom is 0.0631 e. The highest BCUT2D eigenvalue weighted by Gasteiger charge is 2.34. The lowest BCUT2D eigenvalue weighted by Crippen LogP contribution is -2.41. The van der Waals surface area contributed by atoms with Gasteiger partial charge in [-0.2, -0.15) is 0 Å². The second kappa shape index (κ2) is 18.2. The fourth-order valence-corrected chi connectivity index (χ4v) is 6.36. The summed E-state index contributed by atoms with van der Waals surface area (Å²) in [6.07, 6.45) is 28.0. The van der Waals surface area contributed by atoms with Crippen LogP contribution in [-0.4, -0.2) is 38.6 Å². The summed E-state index contributed by atoms with van der Waals surface area (Å²) >= 11 is 0. The van der Waals surface area contributed by atoms with Crippen molar-refractivity contribution < 1.29 is 14.2 Å². The molecule has 0 aromatic carbocycles. The van der Waals surface area contributed by atoms with Gasteiger partial charge in [-0.05, 0) is 39.5 Å². The summed E-state index contributed by atoms with van der Waals surface area (Å²) in [5.41, 5.74) is 0. The molecule has 2 rings (SSSR count). The van der Waals surface area contributed by atoms with Gasteiger partial charge in [0.15, 0.2) is 0 Å². The van der Waals surface area contributed by atoms with Crippen LogP contribution in [0.25, 0.3) is 0 Å². The lowest BCUT2D eigenvalue weighted by Gasteiger charge is -2.39. The quantitative estimate of drug-likeness (QED) is 0.391. The summed E-state index contributed by atoms with van der Waals surface area (Å²) in [5, 5.41) is 0. The summed E-state index contributed by atoms with van der Waals surface area (Å²) in [5.74, 6) is 1.02. The van der Waals surface area contributed by atoms with Crippen LogP contribution in [-0.2, 0) is 14.2 Å². The Kier molecular flexibility index (Phi) is 16.0. The fraction of sp³-hybridized carbons (Fsp3) is 1.00. The Morgan fingerprint density at radius 3 is 1.00 bits per heavy atom. The second-order valence-electron chi connectivity index (χ2n) is 11.2. The summed E-state index contributed by atoms with van der Waals surface area (Å²) in [6, 6.07) is 0. The molecule has 0 heterocycles. The van der Waals surface area contributed by atoms with Gasteiger partial charge in [0.2, 0.25) is 0 Å². The lowest BCUT2D eigenvalue weighted by atomic mass is 9.84. The van der Waals surface area contributed by atoms with E-state index in [4.69, 9.17) is 14.2 Å². The van der Waals surface area contributed by atoms with Crippen molar-refractivity contribution >= 4 is 0 Å². The minimum atomic E-state index is 0.266. The molecule has 2 saturated carbocycles. The van der Waals surface area contributed by atoms with Crippen molar-refractivity contribution in [2.24, 2.45) is 11.8 Å². The minimum absolute atomic E-state index is 0.266. The molecular weight excluding hydrogens is 408 g/mol. The first-order valence-corrected chi connectivity index (χ1v) is 14.9. The Bertz CT molecular complexity index is 414. The fourth-order valence-electron chi connectivity index (χ4n) is 6.36. The van der Waals surface area contributed by atoms with E-state index in [9.17, 15) is 0 Å². The first-order valence-electron chi connectivity index (χ1n) is 14.9. The molecule has 0 bridgehead atoms. The molecule has 3 heteroatoms. The van der Waals surface area contributed by atoms with Gasteiger partial charge in [-0.25, -0.2) is 0 Å². The summed E-state index contributed by atoms with van der Waals surface area (Å²) in [6.45, 7) is 4.56. The summed E-state index contributed by atoms with van der Waals surface area (Å²) < 4.78 is 19.1. The molecule has 0 saturated heterocycles. The third kappa shape index (κ3) is 11.4. The highest BCUT2D eigenvalue weighted by atomic mass is 16.5. The van der Waals surface area contributed by atoms with Crippen molar-refractivity contribution in [1.82, 2.24) is 0 Å². The number of hydrogen-bond donors (Lipinski definition) is 0. The molecular formula is C30H58O3. The first kappa shape index (κ1) is 29.1. The van der Waals surface area contributed by atoms with Gasteiger partial charge in [-0.1, -0.05) is 103 Å². The van der Waals surface area contributed by atoms with E-state index in [0.29, 0.717) is 24.0 Å². The van der Waals surface area contributed by atoms with Gasteiger partial charge in [0, 0.05) is 26.1 Å². The number of hydrogen-bond acceptors (Lipinski definition) is 3. The van der Waals surface area contributed by atoms with Gasteiger partial charge in [-0.15, -0.1) is 0 Å². The van der Waals surface area contributed by atoms with Crippen molar-refractivity contribution in [2.45, 2.75) is 167 Å². The zero-order valence-corrected chi connectivity index (χ0v) is 22.8. The smallest absolute Gasteiger partial charge is 0.0631 e. The highest BCUT2D eigenvalue weighted by Crippen LogP contribution is 2.34. The molecule has 2 aliphatic rings. The third-order valence-corrected chi connectivity index (χ3v) is 8.81. The SMILES string of the molecule is COC(C)C1CCCCCCCCCCC1OC1CCCCCCCCCCC1C(C)OC. The average molecular weight is 467 g/mol. The lowest BCUT2D eigenvalue weighted by molar-refractivity contribution is -0.125. The van der Waals surface area contributed by atoms with Gasteiger partial charge in [0.1, 0.15) is 0 Å². The van der Waals surface area contributed by atoms with Crippen molar-refractivity contribution in [3.8, 4) is 0 Å². The van der Waals surface area contributed by atoms with E-state index in [1.54, 1.807) is 0 Å². The molecule has 2 fully saturated rings. The Morgan fingerprint density at radius 2 is 0.697 bits per heavy atom. The number of ether oxygens (including phenoxy) is 3. The van der Waals surface area contributed by atoms with Gasteiger partial charge >= 0.3 is 0 Å². The molecule has 0 N–H and O–H groups in total. The minimum Gasteiger partial charge on any atom is -0.381 e. The van der Waals surface area contributed by atoms with Crippen LogP contribution < -0.4 is 0 Å². The van der Waals surface area contributed by atoms with Gasteiger partial charge < -0.3 is 14.2 Å². The van der Waals surface area contributed by atoms with Crippen LogP contribution in [0.15, 0.2) is 0 Å². The Balaban J connectivity index is 2.18. The molecule has 0 radical (unpaired) electrons. The molecule has 6 unspecified atom stereocenters. The second-order valence-corrected chi connectivity index (χ2v) is 11.2. The molecule has 33 heavy (non-hydrogen) atoms. The Morgan fingerprint density at radius 1 is 0.424 bits per heavy atom. The maximum atomic E-state index is 7.25. The molecule has 6 atom stereocenters. The molecule has 2 aliphatic carbocycles. The van der Waals surface area contributed by atoms with Gasteiger partial charge in [0.05, 0.1) is 24.4 Å². The third-order valence-electron chi connectivity index (χ3n) is 8.81. The van der Waals surface area contributed by atoms with Crippen LogP contribution in [0.2, 0.25) is 0 Å². The predicted molar refractivity (Wildman–Crippen MR) is 141 cm³/mol. The first-order chi connectivity index (χ1) is 16.2. The number of rotatable bonds is 6. The van der Waals surface area contributed by atoms with Crippen molar-refractivity contribution in [1.29, 1.82) is 0 Å². The van der Waals surface area contributed by atoms with E-state index in [2.05, 4.69) is 13.8 Å². The zero-order valence-electron chi connectivity index (χ0n) is 22.8. The van der Waals surface area contributed by atoms with Crippen LogP contribution in [0.5, 0.6) is 0 Å². The molecule has 3 nitrogen and oxygen atoms in total. The zero-order chi connectivity index (χ0) is 23.7. The monoisotopic (exact) mass is 466 g/mol. The van der Waals surface area contributed by atoms with Crippen molar-refractivity contribution in [3.05, 3.63) is 0 Å². The van der Waals surface area contributed by atoms with Crippen LogP contribution in [0.4, 0.5) is 0 Å². The largest absolute Gasteiger partial charge is 0.381 e. The molecule has 0 aliphatic heterocycles. The van der Waals surface area contributed by atoms with E-state index in [1.807, 2.05) is 14.2 Å². The Labute approximate surface area is 207 Å². The number of methoxy groups -OCH3 is 2. The van der Waals surface area contributed by atoms with Crippen LogP contribution in [0.3, 0.4) is 0 Å². The van der Waals surface area contributed by atoms with Crippen LogP contribution >= 0.6 is 0 Å². The normalized spacial score (nSPS) is 32.4. The molecule has 0 spiro atoms. The molecule has 196 valence electrons. The molecule has 0 amide bonds. The predicted octanol–water partition coefficient (Wildman–Crippen LogP) is 8.87. The highest BCUT2D eigenvalue weighted by molar-refractivity contribution is 4.83. The average Bonchev–Trinajstić information content (AvgIpc) is 2.81. The van der Waals surface area contributed by atoms with Crippen LogP contribution in [0, 0.1) is 11.8 Å². The Hall–Kier alpha value is -0.120. The summed E-state index contributed by atoms with van der Waals surface area (Å²) in [7, 11) is 3.78. The maximum absolute atomic E-state index is 7.25.